The van der Waals surface area contributed by atoms with Gasteiger partial charge in [0.25, 0.3) is 0 Å². The first-order valence-corrected chi connectivity index (χ1v) is 10.7. The minimum atomic E-state index is -0.255. The van der Waals surface area contributed by atoms with E-state index in [-0.39, 0.29) is 5.82 Å². The summed E-state index contributed by atoms with van der Waals surface area (Å²) in [4.78, 5) is 9.10. The molecule has 5 heteroatoms. The molecule has 5 rings (SSSR count). The van der Waals surface area contributed by atoms with Crippen molar-refractivity contribution in [3.05, 3.63) is 103 Å². The first kappa shape index (κ1) is 20.1. The molecule has 3 aromatic heterocycles. The summed E-state index contributed by atoms with van der Waals surface area (Å²) in [5.41, 5.74) is 8.12. The molecule has 0 spiro atoms. The molecule has 0 atom stereocenters. The van der Waals surface area contributed by atoms with E-state index in [0.29, 0.717) is 0 Å². The predicted molar refractivity (Wildman–Crippen MR) is 127 cm³/mol. The molecule has 0 amide bonds. The lowest BCUT2D eigenvalue weighted by molar-refractivity contribution is 0.628. The lowest BCUT2D eigenvalue weighted by Gasteiger charge is -2.08. The van der Waals surface area contributed by atoms with Crippen molar-refractivity contribution in [2.24, 2.45) is 0 Å². The Hall–Kier alpha value is -3.83. The molecule has 0 aliphatic heterocycles. The first-order valence-electron chi connectivity index (χ1n) is 10.7. The van der Waals surface area contributed by atoms with Crippen LogP contribution in [0.2, 0.25) is 0 Å². The van der Waals surface area contributed by atoms with Crippen LogP contribution in [0.3, 0.4) is 0 Å². The molecule has 5 aromatic rings. The van der Waals surface area contributed by atoms with Crippen LogP contribution in [0.15, 0.2) is 91.4 Å². The average molecular weight is 423 g/mol. The van der Waals surface area contributed by atoms with Gasteiger partial charge in [0, 0.05) is 30.1 Å². The van der Waals surface area contributed by atoms with Crippen molar-refractivity contribution >= 4 is 5.65 Å². The smallest absolute Gasteiger partial charge is 0.137 e. The van der Waals surface area contributed by atoms with Crippen molar-refractivity contribution in [1.82, 2.24) is 19.7 Å². The zero-order chi connectivity index (χ0) is 21.9. The number of rotatable bonds is 6. The van der Waals surface area contributed by atoms with Gasteiger partial charge in [-0.3, -0.25) is 9.38 Å². The standard InChI is InChI=1S/C27H23FN4/c1-2-29-17-19-4-3-5-21(14-19)22-11-13-32-26(18-31-27(32)16-22)23-10-12-30-25(15-23)20-6-8-24(28)9-7-20/h3-16,18,29H,2,17H2,1H3. The average Bonchev–Trinajstić information content (AvgIpc) is 3.27. The lowest BCUT2D eigenvalue weighted by Crippen LogP contribution is -2.11. The van der Waals surface area contributed by atoms with E-state index in [4.69, 9.17) is 0 Å². The fraction of sp³-hybridized carbons (Fsp3) is 0.111. The topological polar surface area (TPSA) is 42.2 Å². The van der Waals surface area contributed by atoms with Crippen LogP contribution in [-0.2, 0) is 6.54 Å². The Kier molecular flexibility index (Phi) is 5.48. The quantitative estimate of drug-likeness (QED) is 0.366. The summed E-state index contributed by atoms with van der Waals surface area (Å²) in [7, 11) is 0. The van der Waals surface area contributed by atoms with Crippen molar-refractivity contribution in [2.75, 3.05) is 6.54 Å². The number of fused-ring (bicyclic) bond motifs is 1. The molecule has 1 N–H and O–H groups in total. The lowest BCUT2D eigenvalue weighted by atomic mass is 10.0. The molecule has 0 aliphatic carbocycles. The van der Waals surface area contributed by atoms with Crippen LogP contribution in [0.5, 0.6) is 0 Å². The Morgan fingerprint density at radius 1 is 0.844 bits per heavy atom. The SMILES string of the molecule is CCNCc1cccc(-c2ccn3c(-c4ccnc(-c5ccc(F)cc5)c4)cnc3c2)c1. The van der Waals surface area contributed by atoms with Gasteiger partial charge in [0.2, 0.25) is 0 Å². The fourth-order valence-corrected chi connectivity index (χ4v) is 3.87. The molecule has 0 aliphatic rings. The van der Waals surface area contributed by atoms with E-state index in [1.165, 1.54) is 23.3 Å². The van der Waals surface area contributed by atoms with Gasteiger partial charge in [-0.05, 0) is 77.8 Å². The molecule has 0 saturated carbocycles. The third-order valence-electron chi connectivity index (χ3n) is 5.55. The Bertz CT molecular complexity index is 1370. The van der Waals surface area contributed by atoms with E-state index in [9.17, 15) is 4.39 Å². The molecule has 0 radical (unpaired) electrons. The minimum absolute atomic E-state index is 0.255. The van der Waals surface area contributed by atoms with Gasteiger partial charge in [-0.25, -0.2) is 9.37 Å². The number of halogens is 1. The first-order chi connectivity index (χ1) is 15.7. The highest BCUT2D eigenvalue weighted by Gasteiger charge is 2.10. The van der Waals surface area contributed by atoms with Gasteiger partial charge in [0.05, 0.1) is 17.6 Å². The van der Waals surface area contributed by atoms with Crippen molar-refractivity contribution in [2.45, 2.75) is 13.5 Å². The van der Waals surface area contributed by atoms with E-state index in [0.717, 1.165) is 46.8 Å². The second-order valence-electron chi connectivity index (χ2n) is 7.70. The van der Waals surface area contributed by atoms with Gasteiger partial charge in [-0.1, -0.05) is 25.1 Å². The molecule has 0 saturated heterocycles. The van der Waals surface area contributed by atoms with Crippen molar-refractivity contribution in [3.63, 3.8) is 0 Å². The van der Waals surface area contributed by atoms with Crippen molar-refractivity contribution < 1.29 is 4.39 Å². The highest BCUT2D eigenvalue weighted by molar-refractivity contribution is 5.73. The fourth-order valence-electron chi connectivity index (χ4n) is 3.87. The minimum Gasteiger partial charge on any atom is -0.313 e. The van der Waals surface area contributed by atoms with Crippen molar-refractivity contribution in [3.8, 4) is 33.6 Å². The number of nitrogens with one attached hydrogen (secondary N) is 1. The maximum absolute atomic E-state index is 13.3. The zero-order valence-electron chi connectivity index (χ0n) is 17.8. The van der Waals surface area contributed by atoms with E-state index in [2.05, 4.69) is 69.2 Å². The van der Waals surface area contributed by atoms with Crippen LogP contribution in [0.4, 0.5) is 4.39 Å². The number of imidazole rings is 1. The number of pyridine rings is 2. The number of aromatic nitrogens is 3. The normalized spacial score (nSPS) is 11.2. The van der Waals surface area contributed by atoms with Crippen LogP contribution in [-0.4, -0.2) is 20.9 Å². The van der Waals surface area contributed by atoms with Gasteiger partial charge in [-0.2, -0.15) is 0 Å². The Morgan fingerprint density at radius 3 is 2.53 bits per heavy atom. The van der Waals surface area contributed by atoms with Crippen LogP contribution in [0.25, 0.3) is 39.3 Å². The van der Waals surface area contributed by atoms with Gasteiger partial charge in [0.15, 0.2) is 0 Å². The number of hydrogen-bond donors (Lipinski definition) is 1. The van der Waals surface area contributed by atoms with E-state index in [1.54, 1.807) is 18.3 Å². The summed E-state index contributed by atoms with van der Waals surface area (Å²) in [6.07, 6.45) is 5.71. The van der Waals surface area contributed by atoms with Crippen LogP contribution in [0, 0.1) is 5.82 Å². The summed E-state index contributed by atoms with van der Waals surface area (Å²) in [6.45, 7) is 3.92. The molecule has 0 fully saturated rings. The summed E-state index contributed by atoms with van der Waals surface area (Å²) in [5, 5.41) is 3.37. The highest BCUT2D eigenvalue weighted by Crippen LogP contribution is 2.28. The molecule has 3 heterocycles. The predicted octanol–water partition coefficient (Wildman–Crippen LogP) is 5.98. The molecule has 158 valence electrons. The van der Waals surface area contributed by atoms with Gasteiger partial charge >= 0.3 is 0 Å². The van der Waals surface area contributed by atoms with E-state index in [1.807, 2.05) is 18.3 Å². The van der Waals surface area contributed by atoms with E-state index < -0.39 is 0 Å². The number of benzene rings is 2. The summed E-state index contributed by atoms with van der Waals surface area (Å²) in [6, 6.07) is 23.2. The van der Waals surface area contributed by atoms with Crippen molar-refractivity contribution in [1.29, 1.82) is 0 Å². The van der Waals surface area contributed by atoms with Gasteiger partial charge in [0.1, 0.15) is 11.5 Å². The van der Waals surface area contributed by atoms with Crippen LogP contribution >= 0.6 is 0 Å². The third kappa shape index (κ3) is 4.03. The largest absolute Gasteiger partial charge is 0.313 e. The monoisotopic (exact) mass is 422 g/mol. The second kappa shape index (κ2) is 8.73. The van der Waals surface area contributed by atoms with Gasteiger partial charge < -0.3 is 5.32 Å². The molecule has 0 bridgehead atoms. The molecule has 0 unspecified atom stereocenters. The summed E-state index contributed by atoms with van der Waals surface area (Å²) < 4.78 is 15.4. The molecule has 2 aromatic carbocycles. The molecular formula is C27H23FN4. The van der Waals surface area contributed by atoms with Crippen LogP contribution < -0.4 is 5.32 Å². The Morgan fingerprint density at radius 2 is 1.69 bits per heavy atom. The zero-order valence-corrected chi connectivity index (χ0v) is 17.8. The maximum Gasteiger partial charge on any atom is 0.137 e. The Labute approximate surface area is 186 Å². The molecule has 4 nitrogen and oxygen atoms in total. The second-order valence-corrected chi connectivity index (χ2v) is 7.70. The maximum atomic E-state index is 13.3. The number of hydrogen-bond acceptors (Lipinski definition) is 3. The Balaban J connectivity index is 1.49. The highest BCUT2D eigenvalue weighted by atomic mass is 19.1. The van der Waals surface area contributed by atoms with Gasteiger partial charge in [-0.15, -0.1) is 0 Å². The molecular weight excluding hydrogens is 399 g/mol. The van der Waals surface area contributed by atoms with E-state index >= 15 is 0 Å². The summed E-state index contributed by atoms with van der Waals surface area (Å²) >= 11 is 0. The number of nitrogens with zero attached hydrogens (tertiary/aromatic N) is 3. The summed E-state index contributed by atoms with van der Waals surface area (Å²) in [5.74, 6) is -0.255. The molecule has 32 heavy (non-hydrogen) atoms. The van der Waals surface area contributed by atoms with Crippen LogP contribution in [0.1, 0.15) is 12.5 Å². The third-order valence-corrected chi connectivity index (χ3v) is 5.55.